The lowest BCUT2D eigenvalue weighted by Gasteiger charge is -2.33. The van der Waals surface area contributed by atoms with Crippen LogP contribution in [0.2, 0.25) is 0 Å². The predicted molar refractivity (Wildman–Crippen MR) is 95.1 cm³/mol. The van der Waals surface area contributed by atoms with Gasteiger partial charge in [0, 0.05) is 26.3 Å². The lowest BCUT2D eigenvalue weighted by molar-refractivity contribution is 0.282. The summed E-state index contributed by atoms with van der Waals surface area (Å²) in [7, 11) is 2.07. The van der Waals surface area contributed by atoms with E-state index in [-0.39, 0.29) is 6.61 Å². The standard InChI is InChI=1S/C19H22N4O/c1-22-18-6-9-20-12-17(18)21-19(22)23-10-7-16(8-11-23)15-4-2-14(13-24)3-5-15/h2-6,9,12,16,24H,7-8,10-11,13H2,1H3. The summed E-state index contributed by atoms with van der Waals surface area (Å²) in [5, 5.41) is 9.17. The first-order valence-electron chi connectivity index (χ1n) is 8.47. The number of benzene rings is 1. The molecule has 3 heterocycles. The van der Waals surface area contributed by atoms with Crippen molar-refractivity contribution in [2.24, 2.45) is 7.05 Å². The molecule has 24 heavy (non-hydrogen) atoms. The minimum absolute atomic E-state index is 0.111. The van der Waals surface area contributed by atoms with Crippen LogP contribution in [0.15, 0.2) is 42.7 Å². The van der Waals surface area contributed by atoms with E-state index >= 15 is 0 Å². The summed E-state index contributed by atoms with van der Waals surface area (Å²) in [4.78, 5) is 11.3. The van der Waals surface area contributed by atoms with Gasteiger partial charge in [0.2, 0.25) is 5.95 Å². The Kier molecular flexibility index (Phi) is 3.94. The Hall–Kier alpha value is -2.40. The van der Waals surface area contributed by atoms with Crippen LogP contribution < -0.4 is 4.90 Å². The topological polar surface area (TPSA) is 54.2 Å². The minimum atomic E-state index is 0.111. The molecular weight excluding hydrogens is 300 g/mol. The Labute approximate surface area is 141 Å². The second-order valence-electron chi connectivity index (χ2n) is 6.50. The number of aryl methyl sites for hydroxylation is 1. The van der Waals surface area contributed by atoms with Gasteiger partial charge >= 0.3 is 0 Å². The van der Waals surface area contributed by atoms with Gasteiger partial charge in [-0.15, -0.1) is 0 Å². The molecule has 0 bridgehead atoms. The van der Waals surface area contributed by atoms with E-state index in [1.54, 1.807) is 0 Å². The van der Waals surface area contributed by atoms with Gasteiger partial charge in [-0.05, 0) is 36.0 Å². The van der Waals surface area contributed by atoms with Crippen molar-refractivity contribution < 1.29 is 5.11 Å². The summed E-state index contributed by atoms with van der Waals surface area (Å²) in [5.41, 5.74) is 4.43. The molecule has 0 spiro atoms. The maximum absolute atomic E-state index is 9.17. The van der Waals surface area contributed by atoms with E-state index < -0.39 is 0 Å². The van der Waals surface area contributed by atoms with Crippen LogP contribution in [0.25, 0.3) is 11.0 Å². The van der Waals surface area contributed by atoms with Crippen LogP contribution in [-0.4, -0.2) is 32.7 Å². The number of aliphatic hydroxyl groups is 1. The minimum Gasteiger partial charge on any atom is -0.392 e. The zero-order valence-corrected chi connectivity index (χ0v) is 13.9. The van der Waals surface area contributed by atoms with Gasteiger partial charge in [0.15, 0.2) is 0 Å². The highest BCUT2D eigenvalue weighted by Gasteiger charge is 2.23. The Bertz CT molecular complexity index is 832. The van der Waals surface area contributed by atoms with Crippen LogP contribution in [0.4, 0.5) is 5.95 Å². The average Bonchev–Trinajstić information content (AvgIpc) is 2.99. The first kappa shape index (κ1) is 15.1. The highest BCUT2D eigenvalue weighted by Crippen LogP contribution is 2.31. The lowest BCUT2D eigenvalue weighted by Crippen LogP contribution is -2.34. The zero-order chi connectivity index (χ0) is 16.5. The Balaban J connectivity index is 1.49. The molecule has 0 amide bonds. The van der Waals surface area contributed by atoms with E-state index in [2.05, 4.69) is 33.6 Å². The van der Waals surface area contributed by atoms with Crippen molar-refractivity contribution in [1.29, 1.82) is 0 Å². The van der Waals surface area contributed by atoms with Crippen molar-refractivity contribution in [2.75, 3.05) is 18.0 Å². The van der Waals surface area contributed by atoms with Crippen molar-refractivity contribution in [2.45, 2.75) is 25.4 Å². The third-order valence-corrected chi connectivity index (χ3v) is 5.07. The van der Waals surface area contributed by atoms with Gasteiger partial charge < -0.3 is 14.6 Å². The van der Waals surface area contributed by atoms with Gasteiger partial charge in [0.1, 0.15) is 5.52 Å². The first-order chi connectivity index (χ1) is 11.8. The molecule has 1 aliphatic heterocycles. The van der Waals surface area contributed by atoms with Crippen molar-refractivity contribution in [1.82, 2.24) is 14.5 Å². The smallest absolute Gasteiger partial charge is 0.206 e. The van der Waals surface area contributed by atoms with Gasteiger partial charge in [-0.25, -0.2) is 4.98 Å². The molecule has 2 aromatic heterocycles. The van der Waals surface area contributed by atoms with Gasteiger partial charge in [0.05, 0.1) is 18.3 Å². The normalized spacial score (nSPS) is 16.0. The number of aromatic nitrogens is 3. The number of rotatable bonds is 3. The van der Waals surface area contributed by atoms with Gasteiger partial charge in [-0.2, -0.15) is 0 Å². The van der Waals surface area contributed by atoms with Crippen LogP contribution in [-0.2, 0) is 13.7 Å². The highest BCUT2D eigenvalue weighted by molar-refractivity contribution is 5.77. The molecule has 124 valence electrons. The van der Waals surface area contributed by atoms with Crippen LogP contribution in [0, 0.1) is 0 Å². The molecule has 1 N–H and O–H groups in total. The summed E-state index contributed by atoms with van der Waals surface area (Å²) in [6, 6.07) is 10.4. The number of anilines is 1. The Morgan fingerprint density at radius 3 is 2.54 bits per heavy atom. The fourth-order valence-electron chi connectivity index (χ4n) is 3.63. The number of nitrogens with zero attached hydrogens (tertiary/aromatic N) is 4. The molecule has 4 rings (SSSR count). The lowest BCUT2D eigenvalue weighted by atomic mass is 9.89. The molecule has 1 aliphatic rings. The average molecular weight is 322 g/mol. The number of fused-ring (bicyclic) bond motifs is 1. The number of hydrogen-bond donors (Lipinski definition) is 1. The van der Waals surface area contributed by atoms with E-state index in [1.807, 2.05) is 30.6 Å². The Morgan fingerprint density at radius 2 is 1.88 bits per heavy atom. The summed E-state index contributed by atoms with van der Waals surface area (Å²) < 4.78 is 2.16. The molecule has 0 radical (unpaired) electrons. The van der Waals surface area contributed by atoms with Crippen molar-refractivity contribution in [3.63, 3.8) is 0 Å². The van der Waals surface area contributed by atoms with Gasteiger partial charge in [-0.3, -0.25) is 4.98 Å². The first-order valence-corrected chi connectivity index (χ1v) is 8.47. The number of pyridine rings is 1. The van der Waals surface area contributed by atoms with E-state index in [0.717, 1.165) is 48.5 Å². The second kappa shape index (κ2) is 6.24. The molecule has 1 aromatic carbocycles. The van der Waals surface area contributed by atoms with Crippen molar-refractivity contribution in [3.8, 4) is 0 Å². The molecule has 5 nitrogen and oxygen atoms in total. The van der Waals surface area contributed by atoms with Gasteiger partial charge in [0.25, 0.3) is 0 Å². The number of aliphatic hydroxyl groups excluding tert-OH is 1. The maximum atomic E-state index is 9.17. The molecule has 0 aliphatic carbocycles. The summed E-state index contributed by atoms with van der Waals surface area (Å²) >= 11 is 0. The molecule has 0 atom stereocenters. The third-order valence-electron chi connectivity index (χ3n) is 5.07. The Morgan fingerprint density at radius 1 is 1.12 bits per heavy atom. The van der Waals surface area contributed by atoms with E-state index in [0.29, 0.717) is 5.92 Å². The van der Waals surface area contributed by atoms with Gasteiger partial charge in [-0.1, -0.05) is 24.3 Å². The van der Waals surface area contributed by atoms with E-state index in [9.17, 15) is 0 Å². The predicted octanol–water partition coefficient (Wildman–Crippen LogP) is 2.84. The molecule has 0 unspecified atom stereocenters. The van der Waals surface area contributed by atoms with E-state index in [4.69, 9.17) is 10.1 Å². The molecule has 3 aromatic rings. The fraction of sp³-hybridized carbons (Fsp3) is 0.368. The fourth-order valence-corrected chi connectivity index (χ4v) is 3.63. The summed E-state index contributed by atoms with van der Waals surface area (Å²) in [6.45, 7) is 2.13. The van der Waals surface area contributed by atoms with Crippen molar-refractivity contribution >= 4 is 17.0 Å². The summed E-state index contributed by atoms with van der Waals surface area (Å²) in [6.07, 6.45) is 5.89. The molecule has 5 heteroatoms. The number of hydrogen-bond acceptors (Lipinski definition) is 4. The molecule has 1 saturated heterocycles. The molecule has 1 fully saturated rings. The third kappa shape index (κ3) is 2.65. The van der Waals surface area contributed by atoms with Crippen LogP contribution in [0.1, 0.15) is 29.9 Å². The van der Waals surface area contributed by atoms with E-state index in [1.165, 1.54) is 5.56 Å². The maximum Gasteiger partial charge on any atom is 0.206 e. The zero-order valence-electron chi connectivity index (χ0n) is 13.9. The summed E-state index contributed by atoms with van der Waals surface area (Å²) in [5.74, 6) is 1.62. The van der Waals surface area contributed by atoms with Crippen molar-refractivity contribution in [3.05, 3.63) is 53.9 Å². The van der Waals surface area contributed by atoms with Crippen LogP contribution in [0.5, 0.6) is 0 Å². The SMILES string of the molecule is Cn1c(N2CCC(c3ccc(CO)cc3)CC2)nc2cnccc21. The monoisotopic (exact) mass is 322 g/mol. The second-order valence-corrected chi connectivity index (χ2v) is 6.50. The molecule has 0 saturated carbocycles. The number of piperidine rings is 1. The quantitative estimate of drug-likeness (QED) is 0.805. The van der Waals surface area contributed by atoms with Crippen LogP contribution in [0.3, 0.4) is 0 Å². The number of imidazole rings is 1. The highest BCUT2D eigenvalue weighted by atomic mass is 16.3. The largest absolute Gasteiger partial charge is 0.392 e. The molecular formula is C19H22N4O. The van der Waals surface area contributed by atoms with Crippen LogP contribution >= 0.6 is 0 Å².